The molecular weight excluding hydrogens is 352 g/mol. The minimum atomic E-state index is -0.695. The maximum absolute atomic E-state index is 13.1. The number of carboxylic acid groups (broad SMARTS) is 1. The van der Waals surface area contributed by atoms with Crippen molar-refractivity contribution in [3.8, 4) is 0 Å². The van der Waals surface area contributed by atoms with Crippen molar-refractivity contribution >= 4 is 17.5 Å². The van der Waals surface area contributed by atoms with Crippen LogP contribution >= 0.6 is 0 Å². The number of ketones is 2. The molecule has 156 valence electrons. The van der Waals surface area contributed by atoms with Crippen molar-refractivity contribution in [3.63, 3.8) is 0 Å². The van der Waals surface area contributed by atoms with Crippen molar-refractivity contribution in [2.45, 2.75) is 85.0 Å². The van der Waals surface area contributed by atoms with E-state index in [2.05, 4.69) is 20.8 Å². The van der Waals surface area contributed by atoms with E-state index < -0.39 is 5.97 Å². The van der Waals surface area contributed by atoms with Crippen molar-refractivity contribution < 1.29 is 19.5 Å². The van der Waals surface area contributed by atoms with E-state index in [1.165, 1.54) is 25.7 Å². The van der Waals surface area contributed by atoms with Gasteiger partial charge in [-0.2, -0.15) is 0 Å². The largest absolute Gasteiger partial charge is 0.481 e. The first-order valence-electron chi connectivity index (χ1n) is 11.4. The van der Waals surface area contributed by atoms with E-state index in [1.54, 1.807) is 0 Å². The molecule has 4 saturated carbocycles. The van der Waals surface area contributed by atoms with Gasteiger partial charge >= 0.3 is 5.97 Å². The fraction of sp³-hybridized carbons (Fsp3) is 0.875. The highest BCUT2D eigenvalue weighted by Crippen LogP contribution is 2.67. The van der Waals surface area contributed by atoms with Crippen LogP contribution in [0.5, 0.6) is 0 Å². The second-order valence-electron chi connectivity index (χ2n) is 11.0. The zero-order valence-electron chi connectivity index (χ0n) is 17.7. The summed E-state index contributed by atoms with van der Waals surface area (Å²) in [5, 5.41) is 9.08. The van der Waals surface area contributed by atoms with Gasteiger partial charge in [-0.3, -0.25) is 14.4 Å². The lowest BCUT2D eigenvalue weighted by molar-refractivity contribution is -0.159. The van der Waals surface area contributed by atoms with Crippen LogP contribution in [-0.4, -0.2) is 22.6 Å². The third kappa shape index (κ3) is 2.97. The van der Waals surface area contributed by atoms with E-state index in [1.807, 2.05) is 0 Å². The predicted octanol–water partition coefficient (Wildman–Crippen LogP) is 4.89. The number of hydrogen-bond donors (Lipinski definition) is 1. The SMILES string of the molecule is C[C@H](CCC(=O)O)[C@H]1CCC2C3CC(=O)[C@@H]4CC(=O)CC[C@]4(C)C3CC[C@@]21C. The molecule has 0 aromatic carbocycles. The maximum atomic E-state index is 13.1. The number of fused-ring (bicyclic) bond motifs is 5. The van der Waals surface area contributed by atoms with Crippen LogP contribution in [0.25, 0.3) is 0 Å². The lowest BCUT2D eigenvalue weighted by Crippen LogP contribution is -2.56. The average molecular weight is 389 g/mol. The second kappa shape index (κ2) is 6.95. The van der Waals surface area contributed by atoms with Gasteiger partial charge in [-0.25, -0.2) is 0 Å². The normalized spacial score (nSPS) is 46.5. The Labute approximate surface area is 168 Å². The predicted molar refractivity (Wildman–Crippen MR) is 107 cm³/mol. The molecule has 0 aromatic rings. The van der Waals surface area contributed by atoms with Gasteiger partial charge in [-0.1, -0.05) is 20.8 Å². The van der Waals surface area contributed by atoms with Gasteiger partial charge in [0.05, 0.1) is 0 Å². The summed E-state index contributed by atoms with van der Waals surface area (Å²) in [4.78, 5) is 36.2. The Kier molecular flexibility index (Phi) is 4.99. The summed E-state index contributed by atoms with van der Waals surface area (Å²) in [6, 6.07) is 0. The molecule has 8 atom stereocenters. The fourth-order valence-electron chi connectivity index (χ4n) is 8.36. The number of carbonyl (C=O) groups excluding carboxylic acids is 2. The summed E-state index contributed by atoms with van der Waals surface area (Å²) in [6.45, 7) is 6.99. The quantitative estimate of drug-likeness (QED) is 0.744. The molecule has 4 aliphatic rings. The highest BCUT2D eigenvalue weighted by Gasteiger charge is 2.62. The summed E-state index contributed by atoms with van der Waals surface area (Å²) in [6.07, 6.45) is 8.47. The number of aliphatic carboxylic acids is 1. The van der Waals surface area contributed by atoms with E-state index in [-0.39, 0.29) is 29.0 Å². The summed E-state index contributed by atoms with van der Waals surface area (Å²) in [5.41, 5.74) is 0.259. The molecule has 0 spiro atoms. The molecule has 0 bridgehead atoms. The molecule has 3 unspecified atom stereocenters. The molecule has 1 N–H and O–H groups in total. The highest BCUT2D eigenvalue weighted by molar-refractivity contribution is 5.90. The zero-order valence-corrected chi connectivity index (χ0v) is 17.7. The first kappa shape index (κ1) is 20.1. The van der Waals surface area contributed by atoms with Gasteiger partial charge in [0.15, 0.2) is 0 Å². The van der Waals surface area contributed by atoms with Gasteiger partial charge in [0.2, 0.25) is 0 Å². The van der Waals surface area contributed by atoms with Gasteiger partial charge in [-0.05, 0) is 78.9 Å². The summed E-state index contributed by atoms with van der Waals surface area (Å²) >= 11 is 0. The Hall–Kier alpha value is -1.19. The zero-order chi connectivity index (χ0) is 20.3. The molecule has 4 rings (SSSR count). The van der Waals surface area contributed by atoms with Crippen molar-refractivity contribution in [1.82, 2.24) is 0 Å². The van der Waals surface area contributed by atoms with E-state index in [0.717, 1.165) is 12.8 Å². The van der Waals surface area contributed by atoms with Gasteiger partial charge in [0, 0.05) is 31.6 Å². The van der Waals surface area contributed by atoms with E-state index in [4.69, 9.17) is 5.11 Å². The molecule has 4 aliphatic carbocycles. The molecule has 4 heteroatoms. The van der Waals surface area contributed by atoms with Crippen LogP contribution < -0.4 is 0 Å². The van der Waals surface area contributed by atoms with Crippen molar-refractivity contribution in [2.75, 3.05) is 0 Å². The second-order valence-corrected chi connectivity index (χ2v) is 11.0. The lowest BCUT2D eigenvalue weighted by atomic mass is 9.44. The minimum absolute atomic E-state index is 0.0161. The van der Waals surface area contributed by atoms with Crippen LogP contribution in [0, 0.1) is 46.3 Å². The number of carbonyl (C=O) groups is 3. The highest BCUT2D eigenvalue weighted by atomic mass is 16.4. The Morgan fingerprint density at radius 2 is 1.79 bits per heavy atom. The van der Waals surface area contributed by atoms with Crippen molar-refractivity contribution in [1.29, 1.82) is 0 Å². The molecular formula is C24H36O4. The first-order valence-corrected chi connectivity index (χ1v) is 11.4. The van der Waals surface area contributed by atoms with Crippen LogP contribution in [0.4, 0.5) is 0 Å². The van der Waals surface area contributed by atoms with Crippen molar-refractivity contribution in [2.24, 2.45) is 46.3 Å². The molecule has 0 heterocycles. The van der Waals surface area contributed by atoms with Gasteiger partial charge in [0.1, 0.15) is 11.6 Å². The Morgan fingerprint density at radius 1 is 1.07 bits per heavy atom. The van der Waals surface area contributed by atoms with Gasteiger partial charge < -0.3 is 5.11 Å². The van der Waals surface area contributed by atoms with Gasteiger partial charge in [0.25, 0.3) is 0 Å². The molecule has 0 aromatic heterocycles. The van der Waals surface area contributed by atoms with Crippen LogP contribution in [0.2, 0.25) is 0 Å². The standard InChI is InChI=1S/C24H36O4/c1-14(4-7-22(27)28)17-5-6-18-16-13-21(26)20-12-15(25)8-10-24(20,3)19(16)9-11-23(17,18)2/h14,16-20H,4-13H2,1-3H3,(H,27,28)/t14-,16?,17-,18?,19?,20+,23-,24-/m1/s1. The van der Waals surface area contributed by atoms with Crippen molar-refractivity contribution in [3.05, 3.63) is 0 Å². The Balaban J connectivity index is 1.56. The molecule has 0 saturated heterocycles. The van der Waals surface area contributed by atoms with E-state index >= 15 is 0 Å². The molecule has 4 nitrogen and oxygen atoms in total. The average Bonchev–Trinajstić information content (AvgIpc) is 2.99. The molecule has 28 heavy (non-hydrogen) atoms. The summed E-state index contributed by atoms with van der Waals surface area (Å²) < 4.78 is 0. The summed E-state index contributed by atoms with van der Waals surface area (Å²) in [5.74, 6) is 2.54. The molecule has 0 radical (unpaired) electrons. The summed E-state index contributed by atoms with van der Waals surface area (Å²) in [7, 11) is 0. The molecule has 4 fully saturated rings. The number of carboxylic acids is 1. The number of hydrogen-bond acceptors (Lipinski definition) is 3. The first-order chi connectivity index (χ1) is 13.2. The fourth-order valence-corrected chi connectivity index (χ4v) is 8.36. The minimum Gasteiger partial charge on any atom is -0.481 e. The lowest BCUT2D eigenvalue weighted by Gasteiger charge is -2.59. The molecule has 0 aliphatic heterocycles. The third-order valence-electron chi connectivity index (χ3n) is 9.85. The van der Waals surface area contributed by atoms with Gasteiger partial charge in [-0.15, -0.1) is 0 Å². The smallest absolute Gasteiger partial charge is 0.303 e. The topological polar surface area (TPSA) is 71.4 Å². The van der Waals surface area contributed by atoms with Crippen LogP contribution in [0.15, 0.2) is 0 Å². The van der Waals surface area contributed by atoms with Crippen LogP contribution in [0.3, 0.4) is 0 Å². The Bertz CT molecular complexity index is 684. The third-order valence-corrected chi connectivity index (χ3v) is 9.85. The van der Waals surface area contributed by atoms with Crippen LogP contribution in [-0.2, 0) is 14.4 Å². The maximum Gasteiger partial charge on any atom is 0.303 e. The number of rotatable bonds is 4. The van der Waals surface area contributed by atoms with E-state index in [9.17, 15) is 14.4 Å². The molecule has 0 amide bonds. The Morgan fingerprint density at radius 3 is 2.50 bits per heavy atom. The van der Waals surface area contributed by atoms with E-state index in [0.29, 0.717) is 54.6 Å². The number of Topliss-reactive ketones (excluding diaryl/α,β-unsaturated/α-hetero) is 2. The van der Waals surface area contributed by atoms with Crippen LogP contribution in [0.1, 0.15) is 85.0 Å². The monoisotopic (exact) mass is 388 g/mol.